The molecule has 22 heavy (non-hydrogen) atoms. The molecule has 0 radical (unpaired) electrons. The minimum absolute atomic E-state index is 0.00655. The van der Waals surface area contributed by atoms with Crippen molar-refractivity contribution < 1.29 is 18.3 Å². The van der Waals surface area contributed by atoms with E-state index in [2.05, 4.69) is 0 Å². The van der Waals surface area contributed by atoms with Crippen LogP contribution in [0.5, 0.6) is 0 Å². The lowest BCUT2D eigenvalue weighted by Gasteiger charge is -2.23. The highest BCUT2D eigenvalue weighted by atomic mass is 32.2. The first-order chi connectivity index (χ1) is 10.2. The second-order valence-electron chi connectivity index (χ2n) is 5.13. The molecule has 120 valence electrons. The van der Waals surface area contributed by atoms with Gasteiger partial charge < -0.3 is 9.67 Å². The molecule has 0 saturated carbocycles. The summed E-state index contributed by atoms with van der Waals surface area (Å²) in [6.07, 6.45) is 1.94. The summed E-state index contributed by atoms with van der Waals surface area (Å²) in [7, 11) is -0.696. The number of aromatic nitrogens is 1. The van der Waals surface area contributed by atoms with Gasteiger partial charge >= 0.3 is 5.97 Å². The van der Waals surface area contributed by atoms with Crippen LogP contribution in [0.4, 0.5) is 0 Å². The van der Waals surface area contributed by atoms with Crippen LogP contribution in [0.25, 0.3) is 0 Å². The van der Waals surface area contributed by atoms with E-state index >= 15 is 0 Å². The number of rotatable bonds is 6. The number of aryl methyl sites for hydroxylation is 1. The summed E-state index contributed by atoms with van der Waals surface area (Å²) in [5, 5.41) is 11.0. The summed E-state index contributed by atoms with van der Waals surface area (Å²) < 4.78 is 27.8. The molecule has 8 heteroatoms. The van der Waals surface area contributed by atoms with Gasteiger partial charge in [0.2, 0.25) is 10.0 Å². The Morgan fingerprint density at radius 3 is 2.68 bits per heavy atom. The molecule has 2 aromatic rings. The molecule has 2 aromatic heterocycles. The summed E-state index contributed by atoms with van der Waals surface area (Å²) in [5.41, 5.74) is -0.0575. The van der Waals surface area contributed by atoms with Crippen LogP contribution in [0, 0.1) is 0 Å². The molecule has 0 aliphatic heterocycles. The average molecular weight is 342 g/mol. The normalized spacial score (nSPS) is 13.5. The molecule has 0 aromatic carbocycles. The third-order valence-electron chi connectivity index (χ3n) is 3.57. The monoisotopic (exact) mass is 342 g/mol. The largest absolute Gasteiger partial charge is 0.477 e. The van der Waals surface area contributed by atoms with Crippen molar-refractivity contribution in [2.24, 2.45) is 7.05 Å². The van der Waals surface area contributed by atoms with Crippen LogP contribution in [0.2, 0.25) is 0 Å². The number of carboxylic acid groups (broad SMARTS) is 1. The number of thiophene rings is 1. The van der Waals surface area contributed by atoms with Crippen molar-refractivity contribution in [3.05, 3.63) is 40.3 Å². The van der Waals surface area contributed by atoms with Gasteiger partial charge in [-0.05, 0) is 30.9 Å². The van der Waals surface area contributed by atoms with E-state index in [1.54, 1.807) is 11.3 Å². The van der Waals surface area contributed by atoms with Gasteiger partial charge in [0, 0.05) is 31.2 Å². The summed E-state index contributed by atoms with van der Waals surface area (Å²) in [4.78, 5) is 12.1. The van der Waals surface area contributed by atoms with E-state index in [0.717, 1.165) is 4.88 Å². The van der Waals surface area contributed by atoms with Crippen molar-refractivity contribution in [1.29, 1.82) is 0 Å². The number of carbonyl (C=O) groups is 1. The Morgan fingerprint density at radius 1 is 1.50 bits per heavy atom. The Labute approximate surface area is 133 Å². The van der Waals surface area contributed by atoms with Gasteiger partial charge in [0.25, 0.3) is 0 Å². The number of hydrogen-bond acceptors (Lipinski definition) is 4. The molecule has 0 aliphatic rings. The summed E-state index contributed by atoms with van der Waals surface area (Å²) in [5.74, 6) is -1.15. The zero-order chi connectivity index (χ0) is 16.5. The summed E-state index contributed by atoms with van der Waals surface area (Å²) in [6, 6.07) is 4.85. The van der Waals surface area contributed by atoms with Crippen molar-refractivity contribution in [2.75, 3.05) is 7.05 Å². The van der Waals surface area contributed by atoms with E-state index in [-0.39, 0.29) is 16.6 Å². The minimum Gasteiger partial charge on any atom is -0.477 e. The van der Waals surface area contributed by atoms with Gasteiger partial charge in [0.05, 0.1) is 0 Å². The molecule has 0 amide bonds. The van der Waals surface area contributed by atoms with Crippen molar-refractivity contribution in [1.82, 2.24) is 8.87 Å². The SMILES string of the molecule is C[C@H](Cc1cccs1)N(C)S(=O)(=O)c1cc(C(=O)O)n(C)c1. The molecule has 0 bridgehead atoms. The van der Waals surface area contributed by atoms with Gasteiger partial charge in [-0.25, -0.2) is 13.2 Å². The first kappa shape index (κ1) is 16.7. The van der Waals surface area contributed by atoms with Gasteiger partial charge in [-0.15, -0.1) is 11.3 Å². The Kier molecular flexibility index (Phi) is 4.74. The van der Waals surface area contributed by atoms with Crippen molar-refractivity contribution >= 4 is 27.3 Å². The highest BCUT2D eigenvalue weighted by Gasteiger charge is 2.28. The second kappa shape index (κ2) is 6.23. The standard InChI is InChI=1S/C14H18N2O4S2/c1-10(7-11-5-4-6-21-11)16(3)22(19,20)12-8-13(14(17)18)15(2)9-12/h4-6,8-10H,7H2,1-3H3,(H,17,18)/t10-/m1/s1. The zero-order valence-electron chi connectivity index (χ0n) is 12.6. The maximum absolute atomic E-state index is 12.6. The highest BCUT2D eigenvalue weighted by Crippen LogP contribution is 2.22. The second-order valence-corrected chi connectivity index (χ2v) is 8.16. The van der Waals surface area contributed by atoms with E-state index in [9.17, 15) is 13.2 Å². The smallest absolute Gasteiger partial charge is 0.352 e. The molecule has 2 heterocycles. The van der Waals surface area contributed by atoms with Gasteiger partial charge in [-0.2, -0.15) is 4.31 Å². The van der Waals surface area contributed by atoms with Crippen LogP contribution in [0.15, 0.2) is 34.7 Å². The van der Waals surface area contributed by atoms with Crippen molar-refractivity contribution in [3.63, 3.8) is 0 Å². The third kappa shape index (κ3) is 3.23. The molecule has 2 rings (SSSR count). The first-order valence-corrected chi connectivity index (χ1v) is 8.95. The number of nitrogens with zero attached hydrogens (tertiary/aromatic N) is 2. The Morgan fingerprint density at radius 2 is 2.18 bits per heavy atom. The van der Waals surface area contributed by atoms with E-state index in [4.69, 9.17) is 5.11 Å². The summed E-state index contributed by atoms with van der Waals surface area (Å²) >= 11 is 1.58. The van der Waals surface area contributed by atoms with Crippen LogP contribution in [-0.4, -0.2) is 41.5 Å². The molecule has 0 spiro atoms. The molecule has 6 nitrogen and oxygen atoms in total. The van der Waals surface area contributed by atoms with Crippen molar-refractivity contribution in [3.8, 4) is 0 Å². The van der Waals surface area contributed by atoms with Crippen LogP contribution in [0.1, 0.15) is 22.3 Å². The maximum atomic E-state index is 12.6. The lowest BCUT2D eigenvalue weighted by Crippen LogP contribution is -2.36. The predicted octanol–water partition coefficient (Wildman–Crippen LogP) is 2.04. The van der Waals surface area contributed by atoms with Crippen LogP contribution < -0.4 is 0 Å². The van der Waals surface area contributed by atoms with Crippen LogP contribution in [-0.2, 0) is 23.5 Å². The summed E-state index contributed by atoms with van der Waals surface area (Å²) in [6.45, 7) is 1.83. The Hall–Kier alpha value is -1.64. The molecular formula is C14H18N2O4S2. The van der Waals surface area contributed by atoms with E-state index in [1.165, 1.54) is 35.2 Å². The van der Waals surface area contributed by atoms with E-state index < -0.39 is 16.0 Å². The quantitative estimate of drug-likeness (QED) is 0.871. The molecule has 1 N–H and O–H groups in total. The fraction of sp³-hybridized carbons (Fsp3) is 0.357. The average Bonchev–Trinajstić information content (AvgIpc) is 3.07. The number of hydrogen-bond donors (Lipinski definition) is 1. The number of aromatic carboxylic acids is 1. The van der Waals surface area contributed by atoms with Crippen LogP contribution >= 0.6 is 11.3 Å². The third-order valence-corrected chi connectivity index (χ3v) is 6.41. The van der Waals surface area contributed by atoms with E-state index in [0.29, 0.717) is 6.42 Å². The highest BCUT2D eigenvalue weighted by molar-refractivity contribution is 7.89. The Bertz CT molecular complexity index is 763. The molecular weight excluding hydrogens is 324 g/mol. The van der Waals surface area contributed by atoms with E-state index in [1.807, 2.05) is 24.4 Å². The number of carboxylic acids is 1. The number of likely N-dealkylation sites (N-methyl/N-ethyl adjacent to an activating group) is 1. The first-order valence-electron chi connectivity index (χ1n) is 6.63. The predicted molar refractivity (Wildman–Crippen MR) is 84.8 cm³/mol. The zero-order valence-corrected chi connectivity index (χ0v) is 14.2. The van der Waals surface area contributed by atoms with Gasteiger partial charge in [-0.1, -0.05) is 6.07 Å². The minimum atomic E-state index is -3.72. The lowest BCUT2D eigenvalue weighted by molar-refractivity contribution is 0.0686. The molecule has 0 fully saturated rings. The lowest BCUT2D eigenvalue weighted by atomic mass is 10.2. The molecule has 1 atom stereocenters. The Balaban J connectivity index is 2.25. The van der Waals surface area contributed by atoms with Crippen LogP contribution in [0.3, 0.4) is 0 Å². The maximum Gasteiger partial charge on any atom is 0.352 e. The molecule has 0 unspecified atom stereocenters. The molecule has 0 aliphatic carbocycles. The topological polar surface area (TPSA) is 79.6 Å². The fourth-order valence-electron chi connectivity index (χ4n) is 2.14. The fourth-order valence-corrected chi connectivity index (χ4v) is 4.40. The van der Waals surface area contributed by atoms with Gasteiger partial charge in [0.15, 0.2) is 0 Å². The van der Waals surface area contributed by atoms with Gasteiger partial charge in [-0.3, -0.25) is 0 Å². The van der Waals surface area contributed by atoms with Crippen molar-refractivity contribution in [2.45, 2.75) is 24.3 Å². The molecule has 0 saturated heterocycles. The van der Waals surface area contributed by atoms with Gasteiger partial charge in [0.1, 0.15) is 10.6 Å². The number of sulfonamides is 1.